The molecule has 2 aromatic carbocycles. The number of carbonyl (C=O) groups excluding carboxylic acids is 1. The number of thioether (sulfide) groups is 1. The molecule has 158 valence electrons. The Morgan fingerprint density at radius 1 is 1.13 bits per heavy atom. The second-order valence-electron chi connectivity index (χ2n) is 7.17. The molecule has 1 aromatic heterocycles. The van der Waals surface area contributed by atoms with E-state index in [1.165, 1.54) is 23.9 Å². The molecule has 1 aliphatic rings. The number of amidine groups is 1. The van der Waals surface area contributed by atoms with E-state index in [1.54, 1.807) is 17.0 Å². The minimum Gasteiger partial charge on any atom is -0.318 e. The number of benzene rings is 2. The molecule has 1 amide bonds. The average Bonchev–Trinajstić information content (AvgIpc) is 3.18. The van der Waals surface area contributed by atoms with E-state index in [4.69, 9.17) is 0 Å². The Balaban J connectivity index is 1.70. The second-order valence-corrected chi connectivity index (χ2v) is 9.10. The van der Waals surface area contributed by atoms with Crippen molar-refractivity contribution in [3.63, 3.8) is 0 Å². The van der Waals surface area contributed by atoms with Gasteiger partial charge in [0.15, 0.2) is 5.17 Å². The first-order valence-corrected chi connectivity index (χ1v) is 11.5. The van der Waals surface area contributed by atoms with E-state index in [9.17, 15) is 9.18 Å². The molecule has 0 N–H and O–H groups in total. The summed E-state index contributed by atoms with van der Waals surface area (Å²) in [7, 11) is 0. The third-order valence-electron chi connectivity index (χ3n) is 5.08. The van der Waals surface area contributed by atoms with Crippen LogP contribution in [-0.4, -0.2) is 27.1 Å². The lowest BCUT2D eigenvalue weighted by molar-refractivity contribution is -0.122. The molecule has 2 heterocycles. The summed E-state index contributed by atoms with van der Waals surface area (Å²) in [6.07, 6.45) is 1.93. The van der Waals surface area contributed by atoms with Crippen LogP contribution >= 0.6 is 27.7 Å². The summed E-state index contributed by atoms with van der Waals surface area (Å²) in [6.45, 7) is 6.54. The molecule has 0 spiro atoms. The maximum absolute atomic E-state index is 13.2. The maximum atomic E-state index is 13.2. The van der Waals surface area contributed by atoms with Gasteiger partial charge in [-0.2, -0.15) is 0 Å². The number of carbonyl (C=O) groups is 1. The van der Waals surface area contributed by atoms with Crippen molar-refractivity contribution in [1.29, 1.82) is 0 Å². The molecule has 0 radical (unpaired) electrons. The molecule has 1 aliphatic heterocycles. The minimum absolute atomic E-state index is 0.0689. The second kappa shape index (κ2) is 8.85. The molecule has 0 unspecified atom stereocenters. The third kappa shape index (κ3) is 4.38. The highest BCUT2D eigenvalue weighted by atomic mass is 79.9. The van der Waals surface area contributed by atoms with Crippen molar-refractivity contribution in [3.8, 4) is 5.69 Å². The SMILES string of the molecule is CCN1C(=O)/C(=C\c2cc(C)n(-c3cccc(Br)c3)c2C)SC1=Nc1ccc(F)cc1. The fourth-order valence-corrected chi connectivity index (χ4v) is 5.02. The van der Waals surface area contributed by atoms with Crippen molar-refractivity contribution in [2.75, 3.05) is 6.54 Å². The van der Waals surface area contributed by atoms with Gasteiger partial charge in [-0.1, -0.05) is 22.0 Å². The zero-order valence-corrected chi connectivity index (χ0v) is 19.8. The van der Waals surface area contributed by atoms with Gasteiger partial charge < -0.3 is 4.57 Å². The lowest BCUT2D eigenvalue weighted by atomic mass is 10.2. The topological polar surface area (TPSA) is 37.6 Å². The van der Waals surface area contributed by atoms with Crippen molar-refractivity contribution in [1.82, 2.24) is 9.47 Å². The van der Waals surface area contributed by atoms with Crippen molar-refractivity contribution in [2.45, 2.75) is 20.8 Å². The van der Waals surface area contributed by atoms with E-state index in [2.05, 4.69) is 57.5 Å². The predicted octanol–water partition coefficient (Wildman–Crippen LogP) is 6.62. The van der Waals surface area contributed by atoms with Gasteiger partial charge in [-0.25, -0.2) is 9.38 Å². The molecular weight excluding hydrogens is 477 g/mol. The number of amides is 1. The number of aromatic nitrogens is 1. The van der Waals surface area contributed by atoms with Crippen LogP contribution in [0.15, 0.2) is 69.0 Å². The van der Waals surface area contributed by atoms with Crippen LogP contribution in [-0.2, 0) is 4.79 Å². The Kier molecular flexibility index (Phi) is 6.16. The van der Waals surface area contributed by atoms with Crippen LogP contribution in [0.25, 0.3) is 11.8 Å². The van der Waals surface area contributed by atoms with Gasteiger partial charge in [-0.3, -0.25) is 9.69 Å². The van der Waals surface area contributed by atoms with Crippen LogP contribution in [0.5, 0.6) is 0 Å². The van der Waals surface area contributed by atoms with Crippen molar-refractivity contribution < 1.29 is 9.18 Å². The fourth-order valence-electron chi connectivity index (χ4n) is 3.58. The average molecular weight is 498 g/mol. The molecular formula is C24H21BrFN3OS. The van der Waals surface area contributed by atoms with E-state index in [0.717, 1.165) is 27.1 Å². The summed E-state index contributed by atoms with van der Waals surface area (Å²) in [4.78, 5) is 19.8. The predicted molar refractivity (Wildman–Crippen MR) is 129 cm³/mol. The van der Waals surface area contributed by atoms with Crippen LogP contribution in [0, 0.1) is 19.7 Å². The molecule has 31 heavy (non-hydrogen) atoms. The van der Waals surface area contributed by atoms with Gasteiger partial charge in [-0.15, -0.1) is 0 Å². The number of likely N-dealkylation sites (N-methyl/N-ethyl adjacent to an activating group) is 1. The lowest BCUT2D eigenvalue weighted by Crippen LogP contribution is -2.28. The Labute approximate surface area is 193 Å². The van der Waals surface area contributed by atoms with Crippen LogP contribution < -0.4 is 0 Å². The zero-order chi connectivity index (χ0) is 22.1. The van der Waals surface area contributed by atoms with Crippen LogP contribution in [0.3, 0.4) is 0 Å². The number of hydrogen-bond acceptors (Lipinski definition) is 3. The Morgan fingerprint density at radius 3 is 2.55 bits per heavy atom. The van der Waals surface area contributed by atoms with E-state index in [0.29, 0.717) is 22.3 Å². The zero-order valence-electron chi connectivity index (χ0n) is 17.4. The van der Waals surface area contributed by atoms with Gasteiger partial charge in [0.05, 0.1) is 10.6 Å². The van der Waals surface area contributed by atoms with Gasteiger partial charge in [0.2, 0.25) is 0 Å². The van der Waals surface area contributed by atoms with Gasteiger partial charge >= 0.3 is 0 Å². The minimum atomic E-state index is -0.312. The molecule has 7 heteroatoms. The number of hydrogen-bond donors (Lipinski definition) is 0. The standard InChI is InChI=1S/C24H21BrFN3OS/c1-4-28-23(30)22(31-24(28)27-20-10-8-19(26)9-11-20)13-17-12-15(2)29(16(17)3)21-7-5-6-18(25)14-21/h5-14H,4H2,1-3H3/b22-13+,27-24?. The van der Waals surface area contributed by atoms with Gasteiger partial charge in [0.1, 0.15) is 5.82 Å². The molecule has 0 saturated carbocycles. The summed E-state index contributed by atoms with van der Waals surface area (Å²) < 4.78 is 16.4. The van der Waals surface area contributed by atoms with Gasteiger partial charge in [0.25, 0.3) is 5.91 Å². The molecule has 4 rings (SSSR count). The summed E-state index contributed by atoms with van der Waals surface area (Å²) >= 11 is 4.88. The van der Waals surface area contributed by atoms with E-state index in [-0.39, 0.29) is 11.7 Å². The lowest BCUT2D eigenvalue weighted by Gasteiger charge is -2.12. The third-order valence-corrected chi connectivity index (χ3v) is 6.58. The van der Waals surface area contributed by atoms with Gasteiger partial charge in [-0.05, 0) is 92.7 Å². The Morgan fingerprint density at radius 2 is 1.87 bits per heavy atom. The normalized spacial score (nSPS) is 16.7. The monoisotopic (exact) mass is 497 g/mol. The van der Waals surface area contributed by atoms with Crippen LogP contribution in [0.1, 0.15) is 23.9 Å². The largest absolute Gasteiger partial charge is 0.318 e. The molecule has 3 aromatic rings. The first-order chi connectivity index (χ1) is 14.9. The molecule has 1 saturated heterocycles. The van der Waals surface area contributed by atoms with Crippen molar-refractivity contribution in [2.24, 2.45) is 4.99 Å². The molecule has 0 aliphatic carbocycles. The highest BCUT2D eigenvalue weighted by Crippen LogP contribution is 2.35. The van der Waals surface area contributed by atoms with Crippen LogP contribution in [0.2, 0.25) is 0 Å². The molecule has 0 bridgehead atoms. The fraction of sp³-hybridized carbons (Fsp3) is 0.167. The summed E-state index contributed by atoms with van der Waals surface area (Å²) in [5.41, 5.74) is 4.82. The number of halogens is 2. The quantitative estimate of drug-likeness (QED) is 0.379. The van der Waals surface area contributed by atoms with E-state index >= 15 is 0 Å². The van der Waals surface area contributed by atoms with E-state index in [1.807, 2.05) is 25.1 Å². The summed E-state index contributed by atoms with van der Waals surface area (Å²) in [5, 5.41) is 0.603. The highest BCUT2D eigenvalue weighted by molar-refractivity contribution is 9.10. The number of nitrogens with zero attached hydrogens (tertiary/aromatic N) is 3. The van der Waals surface area contributed by atoms with Crippen molar-refractivity contribution >= 4 is 50.5 Å². The highest BCUT2D eigenvalue weighted by Gasteiger charge is 2.32. The first-order valence-electron chi connectivity index (χ1n) is 9.88. The molecule has 4 nitrogen and oxygen atoms in total. The Hall–Kier alpha value is -2.64. The van der Waals surface area contributed by atoms with Crippen molar-refractivity contribution in [3.05, 3.63) is 86.7 Å². The molecule has 1 fully saturated rings. The summed E-state index contributed by atoms with van der Waals surface area (Å²) in [5.74, 6) is -0.381. The number of aryl methyl sites for hydroxylation is 1. The maximum Gasteiger partial charge on any atom is 0.266 e. The molecule has 0 atom stereocenters. The summed E-state index contributed by atoms with van der Waals surface area (Å²) in [6, 6.07) is 16.2. The first kappa shape index (κ1) is 21.6. The van der Waals surface area contributed by atoms with Crippen LogP contribution in [0.4, 0.5) is 10.1 Å². The smallest absolute Gasteiger partial charge is 0.266 e. The number of rotatable bonds is 4. The van der Waals surface area contributed by atoms with Gasteiger partial charge in [0, 0.05) is 28.1 Å². The Bertz CT molecular complexity index is 1210. The van der Waals surface area contributed by atoms with E-state index < -0.39 is 0 Å². The number of aliphatic imine (C=N–C) groups is 1.